The van der Waals surface area contributed by atoms with Crippen molar-refractivity contribution in [3.8, 4) is 0 Å². The molecule has 8 rings (SSSR count). The number of amides is 2. The predicted molar refractivity (Wildman–Crippen MR) is 245 cm³/mol. The van der Waals surface area contributed by atoms with Gasteiger partial charge in [0.15, 0.2) is 11.8 Å². The van der Waals surface area contributed by atoms with Crippen LogP contribution in [-0.4, -0.2) is 101 Å². The summed E-state index contributed by atoms with van der Waals surface area (Å²) in [4.78, 5) is 62.4. The van der Waals surface area contributed by atoms with Gasteiger partial charge in [0.25, 0.3) is 5.91 Å². The molecule has 14 heteroatoms. The number of fused-ring (bicyclic) bond motifs is 5. The van der Waals surface area contributed by atoms with Crippen LogP contribution in [0.2, 0.25) is 0 Å². The zero-order chi connectivity index (χ0) is 46.6. The number of hydroxylamine groups is 2. The number of ether oxygens (including phenoxy) is 5. The third-order valence-corrected chi connectivity index (χ3v) is 14.3. The van der Waals surface area contributed by atoms with Crippen molar-refractivity contribution in [2.45, 2.75) is 198 Å². The fourth-order valence-corrected chi connectivity index (χ4v) is 10.9. The van der Waals surface area contributed by atoms with Crippen LogP contribution in [0, 0.1) is 11.3 Å². The lowest BCUT2D eigenvalue weighted by molar-refractivity contribution is -0.224. The van der Waals surface area contributed by atoms with Gasteiger partial charge in [0, 0.05) is 37.8 Å². The first-order valence-corrected chi connectivity index (χ1v) is 24.7. The molecule has 4 saturated heterocycles. The quantitative estimate of drug-likeness (QED) is 0.0652. The second-order valence-electron chi connectivity index (χ2n) is 20.4. The molecule has 10 atom stereocenters. The van der Waals surface area contributed by atoms with Gasteiger partial charge in [-0.05, 0) is 94.0 Å². The number of aliphatic hydroxyl groups is 1. The van der Waals surface area contributed by atoms with Crippen molar-refractivity contribution < 1.29 is 52.8 Å². The Morgan fingerprint density at radius 1 is 0.955 bits per heavy atom. The summed E-state index contributed by atoms with van der Waals surface area (Å²) in [7, 11) is 0. The summed E-state index contributed by atoms with van der Waals surface area (Å²) in [6.07, 6.45) is 13.4. The van der Waals surface area contributed by atoms with Gasteiger partial charge in [-0.2, -0.15) is 5.06 Å². The van der Waals surface area contributed by atoms with Crippen LogP contribution >= 0.6 is 0 Å². The van der Waals surface area contributed by atoms with E-state index in [1.165, 1.54) is 0 Å². The Bertz CT molecular complexity index is 2080. The minimum atomic E-state index is -1.38. The van der Waals surface area contributed by atoms with E-state index in [-0.39, 0.29) is 44.9 Å². The van der Waals surface area contributed by atoms with E-state index in [0.717, 1.165) is 68.9 Å². The van der Waals surface area contributed by atoms with Crippen LogP contribution in [0.4, 0.5) is 0 Å². The van der Waals surface area contributed by atoms with Crippen molar-refractivity contribution in [1.82, 2.24) is 15.7 Å². The number of hydrogen-bond acceptors (Lipinski definition) is 12. The van der Waals surface area contributed by atoms with Crippen LogP contribution in [0.15, 0.2) is 54.6 Å². The summed E-state index contributed by atoms with van der Waals surface area (Å²) >= 11 is 0. The number of allylic oxidation sites excluding steroid dienone is 1. The molecule has 2 bridgehead atoms. The van der Waals surface area contributed by atoms with E-state index in [1.54, 1.807) is 44.0 Å². The second kappa shape index (κ2) is 20.6. The van der Waals surface area contributed by atoms with Crippen molar-refractivity contribution in [1.29, 1.82) is 0 Å². The van der Waals surface area contributed by atoms with Crippen molar-refractivity contribution in [2.24, 2.45) is 11.3 Å². The van der Waals surface area contributed by atoms with Crippen LogP contribution in [0.3, 0.4) is 0 Å². The van der Waals surface area contributed by atoms with Crippen LogP contribution in [-0.2, 0) is 56.0 Å². The average Bonchev–Trinajstić information content (AvgIpc) is 3.84. The monoisotopic (exact) mass is 914 g/mol. The van der Waals surface area contributed by atoms with Gasteiger partial charge in [0.2, 0.25) is 5.91 Å². The maximum Gasteiger partial charge on any atom is 0.327 e. The first-order valence-electron chi connectivity index (χ1n) is 24.7. The highest BCUT2D eigenvalue weighted by Gasteiger charge is 2.76. The summed E-state index contributed by atoms with van der Waals surface area (Å²) in [6, 6.07) is 13.2. The van der Waals surface area contributed by atoms with Crippen LogP contribution in [0.1, 0.15) is 152 Å². The first-order chi connectivity index (χ1) is 31.7. The van der Waals surface area contributed by atoms with Gasteiger partial charge in [-0.15, -0.1) is 0 Å². The number of carbonyl (C=O) groups excluding carboxylic acids is 4. The zero-order valence-corrected chi connectivity index (χ0v) is 39.5. The standard InChI is InChI=1S/C52H71N3O11/c1-6-8-12-25-51(26-13-9-7-2)64-43-41-29-52(49(60)53-30-34-15-14-18-36(27-34)47(58)54-38(32-56)22-24-42(57)63-50(3,4)5)45(48(59)62-41)55(66-46(52)44(43)65-51)31-37-17-11-10-16-35(37)21-19-33-20-23-39-40(28-33)61-39/h10-11,14-19,21,27,33,38-41,43-46,56H,6-9,12-13,20,22-26,28-32H2,1-5H3,(H,53,60)(H,54,58). The van der Waals surface area contributed by atoms with Crippen molar-refractivity contribution in [3.63, 3.8) is 0 Å². The Hall–Kier alpha value is -4.18. The summed E-state index contributed by atoms with van der Waals surface area (Å²) in [6.45, 7) is 9.63. The Labute approximate surface area is 389 Å². The van der Waals surface area contributed by atoms with Crippen molar-refractivity contribution in [2.75, 3.05) is 6.61 Å². The molecule has 0 aromatic heterocycles. The Morgan fingerprint density at radius 2 is 1.71 bits per heavy atom. The number of aliphatic hydroxyl groups excluding tert-OH is 1. The summed E-state index contributed by atoms with van der Waals surface area (Å²) in [5.74, 6) is -2.19. The fraction of sp³-hybridized carbons (Fsp3) is 0.654. The second-order valence-corrected chi connectivity index (χ2v) is 20.4. The normalized spacial score (nSPS) is 30.0. The van der Waals surface area contributed by atoms with E-state index >= 15 is 4.79 Å². The lowest BCUT2D eigenvalue weighted by atomic mass is 9.62. The van der Waals surface area contributed by atoms with E-state index in [9.17, 15) is 19.5 Å². The van der Waals surface area contributed by atoms with Crippen LogP contribution < -0.4 is 10.6 Å². The molecular formula is C52H71N3O11. The van der Waals surface area contributed by atoms with E-state index in [1.807, 2.05) is 24.3 Å². The van der Waals surface area contributed by atoms with Gasteiger partial charge < -0.3 is 39.4 Å². The van der Waals surface area contributed by atoms with Gasteiger partial charge in [-0.3, -0.25) is 24.0 Å². The molecule has 6 aliphatic rings. The van der Waals surface area contributed by atoms with Gasteiger partial charge in [0.1, 0.15) is 35.4 Å². The fourth-order valence-electron chi connectivity index (χ4n) is 10.9. The highest BCUT2D eigenvalue weighted by molar-refractivity contribution is 5.95. The Morgan fingerprint density at radius 3 is 2.44 bits per heavy atom. The molecule has 14 nitrogen and oxygen atoms in total. The molecule has 66 heavy (non-hydrogen) atoms. The molecule has 3 N–H and O–H groups in total. The molecule has 4 heterocycles. The lowest BCUT2D eigenvalue weighted by Gasteiger charge is -2.48. The molecule has 2 aliphatic carbocycles. The van der Waals surface area contributed by atoms with Crippen LogP contribution in [0.25, 0.3) is 6.08 Å². The third kappa shape index (κ3) is 10.7. The number of nitrogens with one attached hydrogen (secondary N) is 2. The maximum absolute atomic E-state index is 15.2. The number of esters is 2. The molecule has 2 amide bonds. The predicted octanol–water partition coefficient (Wildman–Crippen LogP) is 7.24. The zero-order valence-electron chi connectivity index (χ0n) is 39.5. The number of epoxide rings is 1. The van der Waals surface area contributed by atoms with E-state index in [4.69, 9.17) is 28.5 Å². The van der Waals surface area contributed by atoms with Gasteiger partial charge in [-0.25, -0.2) is 0 Å². The molecule has 10 unspecified atom stereocenters. The van der Waals surface area contributed by atoms with Gasteiger partial charge >= 0.3 is 11.9 Å². The third-order valence-electron chi connectivity index (χ3n) is 14.3. The van der Waals surface area contributed by atoms with Crippen molar-refractivity contribution >= 4 is 29.8 Å². The molecule has 360 valence electrons. The number of carbonyl (C=O) groups is 4. The number of rotatable bonds is 21. The number of hydrogen-bond donors (Lipinski definition) is 3. The molecule has 2 saturated carbocycles. The molecule has 2 aromatic carbocycles. The highest BCUT2D eigenvalue weighted by atomic mass is 16.8. The minimum Gasteiger partial charge on any atom is -0.460 e. The largest absolute Gasteiger partial charge is 0.460 e. The van der Waals surface area contributed by atoms with Crippen molar-refractivity contribution in [3.05, 3.63) is 76.9 Å². The SMILES string of the molecule is CCCCCC1(CCCCC)OC2C3CC4(C(=O)NCc5cccc(C(=O)NC(CO)CCC(=O)OC(C)(C)C)c5)C(ON(Cc5ccccc5C=CC5CCC6OC6C5)C4C(=O)O3)C2O1. The first kappa shape index (κ1) is 48.3. The Balaban J connectivity index is 1.03. The molecule has 0 radical (unpaired) electrons. The van der Waals surface area contributed by atoms with E-state index in [0.29, 0.717) is 42.1 Å². The summed E-state index contributed by atoms with van der Waals surface area (Å²) in [5.41, 5.74) is 0.928. The van der Waals surface area contributed by atoms with Gasteiger partial charge in [-0.1, -0.05) is 88.1 Å². The van der Waals surface area contributed by atoms with E-state index < -0.39 is 71.1 Å². The highest BCUT2D eigenvalue weighted by Crippen LogP contribution is 2.58. The number of nitrogens with zero attached hydrogens (tertiary/aromatic N) is 1. The molecule has 4 aliphatic heterocycles. The van der Waals surface area contributed by atoms with Gasteiger partial charge in [0.05, 0.1) is 31.4 Å². The number of benzene rings is 2. The molecular weight excluding hydrogens is 843 g/mol. The Kier molecular flexibility index (Phi) is 15.1. The molecule has 0 spiro atoms. The van der Waals surface area contributed by atoms with E-state index in [2.05, 4.69) is 42.7 Å². The smallest absolute Gasteiger partial charge is 0.327 e. The topological polar surface area (TPSA) is 174 Å². The average molecular weight is 914 g/mol. The van der Waals surface area contributed by atoms with Crippen LogP contribution in [0.5, 0.6) is 0 Å². The summed E-state index contributed by atoms with van der Waals surface area (Å²) < 4.78 is 31.5. The number of unbranched alkanes of at least 4 members (excludes halogenated alkanes) is 4. The lowest BCUT2D eigenvalue weighted by Crippen LogP contribution is -2.69. The molecule has 6 fully saturated rings. The maximum atomic E-state index is 15.2. The minimum absolute atomic E-state index is 0.0342. The summed E-state index contributed by atoms with van der Waals surface area (Å²) in [5, 5.41) is 17.7. The molecule has 2 aromatic rings.